The Morgan fingerprint density at radius 1 is 1.62 bits per heavy atom. The Labute approximate surface area is 83.5 Å². The molecule has 0 amide bonds. The van der Waals surface area contributed by atoms with Crippen LogP contribution in [-0.4, -0.2) is 9.78 Å². The molecule has 0 unspecified atom stereocenters. The number of furan rings is 1. The van der Waals surface area contributed by atoms with Gasteiger partial charge in [0.15, 0.2) is 5.76 Å². The molecular weight excluding hydrogens is 234 g/mol. The van der Waals surface area contributed by atoms with Crippen molar-refractivity contribution in [3.05, 3.63) is 23.0 Å². The highest BCUT2D eigenvalue weighted by Crippen LogP contribution is 2.28. The summed E-state index contributed by atoms with van der Waals surface area (Å²) < 4.78 is 7.86. The maximum Gasteiger partial charge on any atom is 0.155 e. The van der Waals surface area contributed by atoms with Gasteiger partial charge >= 0.3 is 0 Å². The van der Waals surface area contributed by atoms with Crippen molar-refractivity contribution in [2.75, 3.05) is 5.73 Å². The number of rotatable bonds is 1. The topological polar surface area (TPSA) is 57.0 Å². The van der Waals surface area contributed by atoms with E-state index in [4.69, 9.17) is 10.2 Å². The Hall–Kier alpha value is -1.23. The van der Waals surface area contributed by atoms with Gasteiger partial charge in [-0.05, 0) is 15.9 Å². The van der Waals surface area contributed by atoms with E-state index in [1.165, 1.54) is 0 Å². The van der Waals surface area contributed by atoms with Crippen LogP contribution >= 0.6 is 15.9 Å². The van der Waals surface area contributed by atoms with E-state index in [0.717, 1.165) is 10.2 Å². The summed E-state index contributed by atoms with van der Waals surface area (Å²) in [6.45, 7) is 0. The van der Waals surface area contributed by atoms with Gasteiger partial charge in [0.2, 0.25) is 0 Å². The minimum atomic E-state index is 0.615. The molecule has 4 nitrogen and oxygen atoms in total. The van der Waals surface area contributed by atoms with E-state index >= 15 is 0 Å². The average Bonchev–Trinajstić information content (AvgIpc) is 2.60. The summed E-state index contributed by atoms with van der Waals surface area (Å²) in [5.41, 5.74) is 7.14. The third-order valence-corrected chi connectivity index (χ3v) is 2.18. The molecule has 0 spiro atoms. The van der Waals surface area contributed by atoms with Crippen LogP contribution in [0.4, 0.5) is 5.69 Å². The second kappa shape index (κ2) is 2.92. The summed E-state index contributed by atoms with van der Waals surface area (Å²) in [6, 6.07) is 1.85. The fraction of sp³-hybridized carbons (Fsp3) is 0.125. The van der Waals surface area contributed by atoms with Gasteiger partial charge in [-0.15, -0.1) is 0 Å². The third-order valence-electron chi connectivity index (χ3n) is 1.77. The summed E-state index contributed by atoms with van der Waals surface area (Å²) in [6.07, 6.45) is 3.22. The molecule has 2 heterocycles. The normalized spacial score (nSPS) is 10.6. The van der Waals surface area contributed by atoms with Crippen LogP contribution in [-0.2, 0) is 7.05 Å². The van der Waals surface area contributed by atoms with Crippen molar-refractivity contribution in [2.45, 2.75) is 0 Å². The van der Waals surface area contributed by atoms with Gasteiger partial charge in [-0.2, -0.15) is 5.10 Å². The van der Waals surface area contributed by atoms with Crippen molar-refractivity contribution < 1.29 is 4.42 Å². The molecule has 5 heteroatoms. The van der Waals surface area contributed by atoms with E-state index in [0.29, 0.717) is 11.4 Å². The minimum absolute atomic E-state index is 0.615. The largest absolute Gasteiger partial charge is 0.461 e. The fourth-order valence-electron chi connectivity index (χ4n) is 1.19. The zero-order valence-electron chi connectivity index (χ0n) is 6.99. The van der Waals surface area contributed by atoms with Crippen LogP contribution in [0.15, 0.2) is 27.4 Å². The predicted octanol–water partition coefficient (Wildman–Crippen LogP) is 2.02. The number of nitrogen functional groups attached to an aromatic ring is 1. The van der Waals surface area contributed by atoms with Crippen LogP contribution < -0.4 is 5.73 Å². The second-order valence-electron chi connectivity index (χ2n) is 2.70. The molecule has 2 N–H and O–H groups in total. The fourth-order valence-corrected chi connectivity index (χ4v) is 1.49. The molecular formula is C8H8BrN3O. The summed E-state index contributed by atoms with van der Waals surface area (Å²) in [7, 11) is 1.82. The maximum atomic E-state index is 5.72. The summed E-state index contributed by atoms with van der Waals surface area (Å²) in [5.74, 6) is 0.712. The second-order valence-corrected chi connectivity index (χ2v) is 3.62. The Kier molecular flexibility index (Phi) is 1.88. The first-order valence-electron chi connectivity index (χ1n) is 3.70. The molecule has 13 heavy (non-hydrogen) atoms. The van der Waals surface area contributed by atoms with Gasteiger partial charge in [-0.3, -0.25) is 4.68 Å². The van der Waals surface area contributed by atoms with Crippen molar-refractivity contribution >= 4 is 21.6 Å². The van der Waals surface area contributed by atoms with E-state index in [9.17, 15) is 0 Å². The highest BCUT2D eigenvalue weighted by Gasteiger charge is 2.11. The molecule has 0 radical (unpaired) electrons. The SMILES string of the molecule is Cn1ncc(N)c1-c1cc(Br)co1. The molecule has 0 aliphatic rings. The first-order chi connectivity index (χ1) is 6.18. The monoisotopic (exact) mass is 241 g/mol. The van der Waals surface area contributed by atoms with Crippen molar-refractivity contribution in [3.63, 3.8) is 0 Å². The van der Waals surface area contributed by atoms with Crippen LogP contribution in [0.3, 0.4) is 0 Å². The quantitative estimate of drug-likeness (QED) is 0.832. The van der Waals surface area contributed by atoms with Gasteiger partial charge in [-0.25, -0.2) is 0 Å². The average molecular weight is 242 g/mol. The number of hydrogen-bond acceptors (Lipinski definition) is 3. The molecule has 0 bridgehead atoms. The number of hydrogen-bond donors (Lipinski definition) is 1. The van der Waals surface area contributed by atoms with Crippen molar-refractivity contribution in [3.8, 4) is 11.5 Å². The zero-order valence-corrected chi connectivity index (χ0v) is 8.58. The molecule has 68 valence electrons. The van der Waals surface area contributed by atoms with Crippen molar-refractivity contribution in [1.29, 1.82) is 0 Å². The van der Waals surface area contributed by atoms with Crippen molar-refractivity contribution in [1.82, 2.24) is 9.78 Å². The number of halogens is 1. The Bertz CT molecular complexity index is 413. The van der Waals surface area contributed by atoms with Crippen molar-refractivity contribution in [2.24, 2.45) is 7.05 Å². The first-order valence-corrected chi connectivity index (χ1v) is 4.49. The minimum Gasteiger partial charge on any atom is -0.461 e. The van der Waals surface area contributed by atoms with Gasteiger partial charge in [0, 0.05) is 13.1 Å². The molecule has 0 fully saturated rings. The lowest BCUT2D eigenvalue weighted by Crippen LogP contribution is -1.94. The molecule has 0 atom stereocenters. The highest BCUT2D eigenvalue weighted by atomic mass is 79.9. The molecule has 0 saturated carbocycles. The maximum absolute atomic E-state index is 5.72. The van der Waals surface area contributed by atoms with E-state index in [-0.39, 0.29) is 0 Å². The van der Waals surface area contributed by atoms with Crippen LogP contribution in [0.25, 0.3) is 11.5 Å². The molecule has 0 saturated heterocycles. The smallest absolute Gasteiger partial charge is 0.155 e. The molecule has 0 aromatic carbocycles. The van der Waals surface area contributed by atoms with Crippen LogP contribution in [0.1, 0.15) is 0 Å². The number of nitrogens with zero attached hydrogens (tertiary/aromatic N) is 2. The number of nitrogens with two attached hydrogens (primary N) is 1. The Morgan fingerprint density at radius 2 is 2.38 bits per heavy atom. The number of aryl methyl sites for hydroxylation is 1. The number of anilines is 1. The molecule has 0 aliphatic carbocycles. The molecule has 0 aliphatic heterocycles. The van der Waals surface area contributed by atoms with E-state index in [1.54, 1.807) is 17.1 Å². The van der Waals surface area contributed by atoms with Gasteiger partial charge in [0.25, 0.3) is 0 Å². The highest BCUT2D eigenvalue weighted by molar-refractivity contribution is 9.10. The molecule has 2 aromatic rings. The van der Waals surface area contributed by atoms with Crippen LogP contribution in [0.2, 0.25) is 0 Å². The van der Waals surface area contributed by atoms with Gasteiger partial charge in [-0.1, -0.05) is 0 Å². The van der Waals surface area contributed by atoms with E-state index < -0.39 is 0 Å². The van der Waals surface area contributed by atoms with Crippen LogP contribution in [0, 0.1) is 0 Å². The lowest BCUT2D eigenvalue weighted by molar-refractivity contribution is 0.572. The Balaban J connectivity index is 2.57. The summed E-state index contributed by atoms with van der Waals surface area (Å²) in [5, 5.41) is 4.02. The lowest BCUT2D eigenvalue weighted by atomic mass is 10.3. The standard InChI is InChI=1S/C8H8BrN3O/c1-12-8(6(10)3-11-12)7-2-5(9)4-13-7/h2-4H,10H2,1H3. The summed E-state index contributed by atoms with van der Waals surface area (Å²) in [4.78, 5) is 0. The Morgan fingerprint density at radius 3 is 2.85 bits per heavy atom. The lowest BCUT2D eigenvalue weighted by Gasteiger charge is -1.97. The first kappa shape index (κ1) is 8.37. The van der Waals surface area contributed by atoms with E-state index in [1.807, 2.05) is 13.1 Å². The zero-order chi connectivity index (χ0) is 9.42. The molecule has 2 aromatic heterocycles. The van der Waals surface area contributed by atoms with Gasteiger partial charge in [0.05, 0.1) is 16.4 Å². The molecule has 2 rings (SSSR count). The van der Waals surface area contributed by atoms with E-state index in [2.05, 4.69) is 21.0 Å². The van der Waals surface area contributed by atoms with Crippen LogP contribution in [0.5, 0.6) is 0 Å². The number of aromatic nitrogens is 2. The third kappa shape index (κ3) is 1.35. The van der Waals surface area contributed by atoms with Gasteiger partial charge < -0.3 is 10.2 Å². The predicted molar refractivity (Wildman–Crippen MR) is 53.0 cm³/mol. The van der Waals surface area contributed by atoms with Gasteiger partial charge in [0.1, 0.15) is 12.0 Å². The summed E-state index contributed by atoms with van der Waals surface area (Å²) >= 11 is 3.30.